The summed E-state index contributed by atoms with van der Waals surface area (Å²) in [6.45, 7) is 0.704. The van der Waals surface area contributed by atoms with E-state index in [1.165, 1.54) is 16.9 Å². The standard InChI is InChI=1S/C11H12N6O4/c18-10(12-5-7-1-2-7)11-13-8(15-21-11)6-16-4-3-9(14-16)17(19)20/h3-4,7H,1-2,5-6H2,(H,12,18). The lowest BCUT2D eigenvalue weighted by atomic mass is 10.4. The van der Waals surface area contributed by atoms with Crippen LogP contribution in [0.3, 0.4) is 0 Å². The Morgan fingerprint density at radius 2 is 2.38 bits per heavy atom. The molecule has 2 aromatic rings. The van der Waals surface area contributed by atoms with Crippen LogP contribution >= 0.6 is 0 Å². The van der Waals surface area contributed by atoms with E-state index in [2.05, 4.69) is 20.6 Å². The Labute approximate surface area is 118 Å². The van der Waals surface area contributed by atoms with Gasteiger partial charge in [0.1, 0.15) is 6.54 Å². The van der Waals surface area contributed by atoms with E-state index in [9.17, 15) is 14.9 Å². The van der Waals surface area contributed by atoms with Gasteiger partial charge in [-0.05, 0) is 23.7 Å². The first-order chi connectivity index (χ1) is 10.1. The largest absolute Gasteiger partial charge is 0.389 e. The molecule has 1 aliphatic carbocycles. The molecule has 10 nitrogen and oxygen atoms in total. The number of nitrogens with zero attached hydrogens (tertiary/aromatic N) is 5. The average molecular weight is 292 g/mol. The zero-order chi connectivity index (χ0) is 14.8. The molecular weight excluding hydrogens is 280 g/mol. The molecule has 10 heteroatoms. The molecule has 0 unspecified atom stereocenters. The minimum Gasteiger partial charge on any atom is -0.358 e. The Morgan fingerprint density at radius 3 is 3.05 bits per heavy atom. The van der Waals surface area contributed by atoms with Gasteiger partial charge in [-0.2, -0.15) is 9.67 Å². The minimum absolute atomic E-state index is 0.0905. The first kappa shape index (κ1) is 13.2. The van der Waals surface area contributed by atoms with E-state index in [0.29, 0.717) is 12.5 Å². The summed E-state index contributed by atoms with van der Waals surface area (Å²) in [6.07, 6.45) is 3.70. The molecule has 1 N–H and O–H groups in total. The molecule has 1 fully saturated rings. The van der Waals surface area contributed by atoms with Crippen LogP contribution < -0.4 is 5.32 Å². The van der Waals surface area contributed by atoms with E-state index in [-0.39, 0.29) is 24.1 Å². The number of nitro groups is 1. The van der Waals surface area contributed by atoms with E-state index in [0.717, 1.165) is 12.8 Å². The van der Waals surface area contributed by atoms with Crippen molar-refractivity contribution in [2.75, 3.05) is 6.54 Å². The van der Waals surface area contributed by atoms with Crippen LogP contribution in [0.15, 0.2) is 16.8 Å². The monoisotopic (exact) mass is 292 g/mol. The lowest BCUT2D eigenvalue weighted by Gasteiger charge is -1.97. The number of carbonyl (C=O) groups excluding carboxylic acids is 1. The first-order valence-electron chi connectivity index (χ1n) is 6.40. The molecule has 1 saturated carbocycles. The van der Waals surface area contributed by atoms with Gasteiger partial charge in [0.15, 0.2) is 5.82 Å². The van der Waals surface area contributed by atoms with E-state index < -0.39 is 10.8 Å². The van der Waals surface area contributed by atoms with Crippen molar-refractivity contribution in [2.45, 2.75) is 19.4 Å². The quantitative estimate of drug-likeness (QED) is 0.601. The third kappa shape index (κ3) is 3.22. The maximum Gasteiger partial charge on any atom is 0.389 e. The Morgan fingerprint density at radius 1 is 1.57 bits per heavy atom. The van der Waals surface area contributed by atoms with Gasteiger partial charge in [0, 0.05) is 6.54 Å². The van der Waals surface area contributed by atoms with Gasteiger partial charge >= 0.3 is 17.6 Å². The van der Waals surface area contributed by atoms with Gasteiger partial charge in [0.2, 0.25) is 0 Å². The fraction of sp³-hybridized carbons (Fsp3) is 0.455. The second-order valence-corrected chi connectivity index (χ2v) is 4.80. The predicted octanol–water partition coefficient (Wildman–Crippen LogP) is 0.362. The van der Waals surface area contributed by atoms with Crippen LogP contribution in [-0.4, -0.2) is 37.3 Å². The van der Waals surface area contributed by atoms with Gasteiger partial charge in [-0.15, -0.1) is 0 Å². The van der Waals surface area contributed by atoms with Crippen molar-refractivity contribution in [1.29, 1.82) is 0 Å². The maximum atomic E-state index is 11.7. The van der Waals surface area contributed by atoms with Crippen LogP contribution in [0.1, 0.15) is 29.4 Å². The van der Waals surface area contributed by atoms with Crippen LogP contribution in [0, 0.1) is 16.0 Å². The summed E-state index contributed by atoms with van der Waals surface area (Å²) in [7, 11) is 0. The van der Waals surface area contributed by atoms with Gasteiger partial charge in [-0.25, -0.2) is 0 Å². The molecule has 2 aromatic heterocycles. The summed E-state index contributed by atoms with van der Waals surface area (Å²) in [5, 5.41) is 20.6. The SMILES string of the molecule is O=C(NCC1CC1)c1nc(Cn2ccc([N+](=O)[O-])n2)no1. The third-order valence-corrected chi connectivity index (χ3v) is 3.03. The molecule has 2 heterocycles. The summed E-state index contributed by atoms with van der Waals surface area (Å²) in [6, 6.07) is 1.27. The lowest BCUT2D eigenvalue weighted by molar-refractivity contribution is -0.389. The van der Waals surface area contributed by atoms with E-state index >= 15 is 0 Å². The molecule has 0 atom stereocenters. The van der Waals surface area contributed by atoms with Gasteiger partial charge in [-0.3, -0.25) is 4.79 Å². The Balaban J connectivity index is 1.60. The van der Waals surface area contributed by atoms with Crippen LogP contribution in [-0.2, 0) is 6.54 Å². The molecule has 0 aromatic carbocycles. The first-order valence-corrected chi connectivity index (χ1v) is 6.40. The van der Waals surface area contributed by atoms with Crippen LogP contribution in [0.25, 0.3) is 0 Å². The average Bonchev–Trinajstić information content (AvgIpc) is 2.97. The zero-order valence-electron chi connectivity index (χ0n) is 10.9. The van der Waals surface area contributed by atoms with Crippen molar-refractivity contribution < 1.29 is 14.2 Å². The molecule has 1 aliphatic rings. The number of amides is 1. The number of carbonyl (C=O) groups is 1. The van der Waals surface area contributed by atoms with Gasteiger partial charge < -0.3 is 20.0 Å². The molecule has 3 rings (SSSR count). The Bertz CT molecular complexity index is 674. The van der Waals surface area contributed by atoms with E-state index in [1.807, 2.05) is 0 Å². The van der Waals surface area contributed by atoms with Crippen molar-refractivity contribution in [1.82, 2.24) is 25.2 Å². The highest BCUT2D eigenvalue weighted by Crippen LogP contribution is 2.27. The smallest absolute Gasteiger partial charge is 0.358 e. The van der Waals surface area contributed by atoms with Crippen molar-refractivity contribution in [3.05, 3.63) is 34.1 Å². The van der Waals surface area contributed by atoms with Gasteiger partial charge in [0.05, 0.1) is 17.4 Å². The summed E-state index contributed by atoms with van der Waals surface area (Å²) in [4.78, 5) is 25.6. The van der Waals surface area contributed by atoms with Gasteiger partial charge in [0.25, 0.3) is 0 Å². The molecule has 0 bridgehead atoms. The summed E-state index contributed by atoms with van der Waals surface area (Å²) in [5.74, 6) is -0.00849. The molecule has 1 amide bonds. The highest BCUT2D eigenvalue weighted by molar-refractivity contribution is 5.89. The maximum absolute atomic E-state index is 11.7. The minimum atomic E-state index is -0.594. The molecule has 0 saturated heterocycles. The zero-order valence-corrected chi connectivity index (χ0v) is 10.9. The second-order valence-electron chi connectivity index (χ2n) is 4.80. The van der Waals surface area contributed by atoms with E-state index in [4.69, 9.17) is 4.52 Å². The molecule has 0 radical (unpaired) electrons. The number of hydrogen-bond donors (Lipinski definition) is 1. The van der Waals surface area contributed by atoms with Gasteiger partial charge in [-0.1, -0.05) is 5.16 Å². The fourth-order valence-electron chi connectivity index (χ4n) is 1.73. The van der Waals surface area contributed by atoms with Crippen LogP contribution in [0.5, 0.6) is 0 Å². The number of hydrogen-bond acceptors (Lipinski definition) is 7. The topological polar surface area (TPSA) is 129 Å². The number of aromatic nitrogens is 4. The van der Waals surface area contributed by atoms with Crippen molar-refractivity contribution in [3.8, 4) is 0 Å². The molecule has 110 valence electrons. The van der Waals surface area contributed by atoms with Crippen molar-refractivity contribution >= 4 is 11.7 Å². The van der Waals surface area contributed by atoms with Crippen molar-refractivity contribution in [3.63, 3.8) is 0 Å². The second kappa shape index (κ2) is 5.31. The molecule has 0 spiro atoms. The Hall–Kier alpha value is -2.78. The summed E-state index contributed by atoms with van der Waals surface area (Å²) in [5.41, 5.74) is 0. The van der Waals surface area contributed by atoms with Crippen molar-refractivity contribution in [2.24, 2.45) is 5.92 Å². The molecular formula is C11H12N6O4. The third-order valence-electron chi connectivity index (χ3n) is 3.03. The summed E-state index contributed by atoms with van der Waals surface area (Å²) < 4.78 is 6.16. The normalized spacial score (nSPS) is 14.1. The number of rotatable bonds is 6. The lowest BCUT2D eigenvalue weighted by Crippen LogP contribution is -2.25. The predicted molar refractivity (Wildman–Crippen MR) is 67.3 cm³/mol. The Kier molecular flexibility index (Phi) is 3.34. The number of nitrogens with one attached hydrogen (secondary N) is 1. The molecule has 21 heavy (non-hydrogen) atoms. The highest BCUT2D eigenvalue weighted by atomic mass is 16.6. The molecule has 0 aliphatic heterocycles. The fourth-order valence-corrected chi connectivity index (χ4v) is 1.73. The summed E-state index contributed by atoms with van der Waals surface area (Å²) >= 11 is 0. The highest BCUT2D eigenvalue weighted by Gasteiger charge is 2.23. The van der Waals surface area contributed by atoms with Crippen LogP contribution in [0.2, 0.25) is 0 Å². The van der Waals surface area contributed by atoms with E-state index in [1.54, 1.807) is 0 Å². The van der Waals surface area contributed by atoms with Crippen LogP contribution in [0.4, 0.5) is 5.82 Å².